The van der Waals surface area contributed by atoms with Crippen molar-refractivity contribution in [2.75, 3.05) is 56.8 Å². The van der Waals surface area contributed by atoms with Gasteiger partial charge >= 0.3 is 6.18 Å². The number of benzene rings is 1. The number of likely N-dealkylation sites (N-methyl/N-ethyl adjacent to an activating group) is 1. The third-order valence-electron chi connectivity index (χ3n) is 6.32. The number of nitrogens with zero attached hydrogens (tertiary/aromatic N) is 6. The van der Waals surface area contributed by atoms with Gasteiger partial charge in [-0.25, -0.2) is 14.4 Å². The number of halogens is 4. The van der Waals surface area contributed by atoms with E-state index in [9.17, 15) is 17.6 Å². The van der Waals surface area contributed by atoms with Gasteiger partial charge in [-0.15, -0.1) is 0 Å². The van der Waals surface area contributed by atoms with E-state index in [1.807, 2.05) is 19.2 Å². The van der Waals surface area contributed by atoms with Gasteiger partial charge in [0.05, 0.1) is 16.4 Å². The summed E-state index contributed by atoms with van der Waals surface area (Å²) in [6.07, 6.45) is -1.93. The molecule has 0 unspecified atom stereocenters. The van der Waals surface area contributed by atoms with Crippen molar-refractivity contribution >= 4 is 41.7 Å². The normalized spacial score (nSPS) is 15.1. The fourth-order valence-electron chi connectivity index (χ4n) is 4.29. The molecule has 0 spiro atoms. The Morgan fingerprint density at radius 1 is 1.00 bits per heavy atom. The van der Waals surface area contributed by atoms with Gasteiger partial charge in [0, 0.05) is 49.9 Å². The first-order chi connectivity index (χ1) is 17.6. The summed E-state index contributed by atoms with van der Waals surface area (Å²) in [6, 6.07) is 9.64. The summed E-state index contributed by atoms with van der Waals surface area (Å²) in [4.78, 5) is 17.0. The molecule has 1 N–H and O–H groups in total. The van der Waals surface area contributed by atoms with Crippen LogP contribution in [0.25, 0.3) is 16.9 Å². The van der Waals surface area contributed by atoms with Crippen LogP contribution in [0.5, 0.6) is 0 Å². The molecule has 1 saturated heterocycles. The molecule has 0 atom stereocenters. The summed E-state index contributed by atoms with van der Waals surface area (Å²) < 4.78 is 58.2. The van der Waals surface area contributed by atoms with Crippen molar-refractivity contribution in [1.29, 1.82) is 0 Å². The highest BCUT2D eigenvalue weighted by Gasteiger charge is 2.36. The van der Waals surface area contributed by atoms with E-state index < -0.39 is 25.5 Å². The van der Waals surface area contributed by atoms with Crippen LogP contribution in [0.15, 0.2) is 48.8 Å². The maximum Gasteiger partial charge on any atom is 0.418 e. The van der Waals surface area contributed by atoms with E-state index in [0.717, 1.165) is 11.5 Å². The van der Waals surface area contributed by atoms with Gasteiger partial charge in [0.1, 0.15) is 5.82 Å². The Morgan fingerprint density at radius 2 is 1.76 bits per heavy atom. The summed E-state index contributed by atoms with van der Waals surface area (Å²) in [5.41, 5.74) is 0.778. The van der Waals surface area contributed by atoms with Gasteiger partial charge in [-0.2, -0.15) is 18.2 Å². The van der Waals surface area contributed by atoms with Crippen molar-refractivity contribution in [1.82, 2.24) is 24.4 Å². The standard InChI is InChI=1S/C25H26F4N7P/c1-34-9-11-35(12-10-34)20-8-7-16(13-18(20)25(27,28)29)31-24-30-14-17-19(26)15-36(23(17)33-24)21-5-4-6-22(32-21)37(2)3/h4-8,13-15H,9-12H2,1-3H3,(H,30,31,33). The Bertz CT molecular complexity index is 1430. The number of hydrogen-bond donors (Lipinski definition) is 1. The highest BCUT2D eigenvalue weighted by Crippen LogP contribution is 2.39. The molecule has 4 heterocycles. The van der Waals surface area contributed by atoms with E-state index in [2.05, 4.69) is 38.5 Å². The average molecular weight is 531 g/mol. The van der Waals surface area contributed by atoms with Crippen molar-refractivity contribution in [3.63, 3.8) is 0 Å². The van der Waals surface area contributed by atoms with E-state index in [4.69, 9.17) is 0 Å². The highest BCUT2D eigenvalue weighted by atomic mass is 31.1. The van der Waals surface area contributed by atoms with Crippen molar-refractivity contribution < 1.29 is 17.6 Å². The second kappa shape index (κ2) is 9.87. The molecule has 5 rings (SSSR count). The zero-order chi connectivity index (χ0) is 26.3. The molecule has 1 aliphatic rings. The minimum absolute atomic E-state index is 0.0525. The Labute approximate surface area is 212 Å². The zero-order valence-corrected chi connectivity index (χ0v) is 21.5. The Hall–Kier alpha value is -3.30. The van der Waals surface area contributed by atoms with Crippen LogP contribution in [0.2, 0.25) is 0 Å². The van der Waals surface area contributed by atoms with E-state index >= 15 is 0 Å². The van der Waals surface area contributed by atoms with Crippen LogP contribution in [-0.2, 0) is 6.18 Å². The number of hydrogen-bond acceptors (Lipinski definition) is 6. The maximum absolute atomic E-state index is 14.7. The number of piperazine rings is 1. The molecule has 4 aromatic rings. The van der Waals surface area contributed by atoms with E-state index in [0.29, 0.717) is 32.0 Å². The summed E-state index contributed by atoms with van der Waals surface area (Å²) in [5.74, 6) is 0.0414. The molecule has 12 heteroatoms. The van der Waals surface area contributed by atoms with Gasteiger partial charge in [-0.05, 0) is 50.7 Å². The first-order valence-electron chi connectivity index (χ1n) is 11.7. The average Bonchev–Trinajstić information content (AvgIpc) is 3.20. The first-order valence-corrected chi connectivity index (χ1v) is 13.9. The fourth-order valence-corrected chi connectivity index (χ4v) is 4.98. The molecule has 1 aliphatic heterocycles. The second-order valence-electron chi connectivity index (χ2n) is 9.17. The lowest BCUT2D eigenvalue weighted by Gasteiger charge is -2.35. The van der Waals surface area contributed by atoms with Crippen LogP contribution in [-0.4, -0.2) is 71.0 Å². The number of pyridine rings is 1. The van der Waals surface area contributed by atoms with Crippen LogP contribution in [0, 0.1) is 5.82 Å². The molecule has 0 radical (unpaired) electrons. The van der Waals surface area contributed by atoms with Crippen LogP contribution in [0.1, 0.15) is 5.56 Å². The van der Waals surface area contributed by atoms with Crippen molar-refractivity contribution in [2.24, 2.45) is 0 Å². The first kappa shape index (κ1) is 25.4. The predicted molar refractivity (Wildman–Crippen MR) is 139 cm³/mol. The van der Waals surface area contributed by atoms with E-state index in [-0.39, 0.29) is 28.4 Å². The molecular formula is C25H26F4N7P. The number of rotatable bonds is 5. The molecule has 0 bridgehead atoms. The quantitative estimate of drug-likeness (QED) is 0.294. The van der Waals surface area contributed by atoms with E-state index in [1.54, 1.807) is 17.0 Å². The lowest BCUT2D eigenvalue weighted by atomic mass is 10.1. The van der Waals surface area contributed by atoms with Crippen molar-refractivity contribution in [2.45, 2.75) is 6.18 Å². The van der Waals surface area contributed by atoms with Gasteiger partial charge in [-0.1, -0.05) is 14.0 Å². The number of alkyl halides is 3. The van der Waals surface area contributed by atoms with Gasteiger partial charge < -0.3 is 15.1 Å². The number of anilines is 3. The molecule has 7 nitrogen and oxygen atoms in total. The van der Waals surface area contributed by atoms with Gasteiger partial charge in [0.15, 0.2) is 11.5 Å². The third kappa shape index (κ3) is 5.24. The Balaban J connectivity index is 1.49. The minimum atomic E-state index is -4.53. The molecule has 0 amide bonds. The molecule has 1 aromatic carbocycles. The van der Waals surface area contributed by atoms with Crippen LogP contribution < -0.4 is 15.7 Å². The lowest BCUT2D eigenvalue weighted by Crippen LogP contribution is -2.45. The fraction of sp³-hybridized carbons (Fsp3) is 0.320. The summed E-state index contributed by atoms with van der Waals surface area (Å²) in [7, 11) is 1.49. The van der Waals surface area contributed by atoms with Crippen molar-refractivity contribution in [3.8, 4) is 5.82 Å². The van der Waals surface area contributed by atoms with Crippen LogP contribution in [0.3, 0.4) is 0 Å². The smallest absolute Gasteiger partial charge is 0.368 e. The monoisotopic (exact) mass is 531 g/mol. The largest absolute Gasteiger partial charge is 0.418 e. The maximum atomic E-state index is 14.7. The Kier molecular flexibility index (Phi) is 6.76. The molecule has 1 fully saturated rings. The number of aromatic nitrogens is 4. The Morgan fingerprint density at radius 3 is 2.46 bits per heavy atom. The second-order valence-corrected chi connectivity index (χ2v) is 11.4. The molecule has 37 heavy (non-hydrogen) atoms. The summed E-state index contributed by atoms with van der Waals surface area (Å²) >= 11 is 0. The van der Waals surface area contributed by atoms with Gasteiger partial charge in [-0.3, -0.25) is 4.57 Å². The summed E-state index contributed by atoms with van der Waals surface area (Å²) in [6.45, 7) is 6.56. The number of fused-ring (bicyclic) bond motifs is 1. The zero-order valence-electron chi connectivity index (χ0n) is 20.6. The molecule has 0 saturated carbocycles. The van der Waals surface area contributed by atoms with E-state index in [1.165, 1.54) is 23.0 Å². The van der Waals surface area contributed by atoms with Crippen molar-refractivity contribution in [3.05, 3.63) is 60.2 Å². The SMILES string of the molecule is CN1CCN(c2ccc(Nc3ncc4c(F)cn(-c5cccc(P(C)C)n5)c4n3)cc2C(F)(F)F)CC1. The minimum Gasteiger partial charge on any atom is -0.368 e. The molecule has 194 valence electrons. The predicted octanol–water partition coefficient (Wildman–Crippen LogP) is 4.84. The van der Waals surface area contributed by atoms with Crippen LogP contribution in [0.4, 0.5) is 34.9 Å². The molecule has 0 aliphatic carbocycles. The molecular weight excluding hydrogens is 505 g/mol. The highest BCUT2D eigenvalue weighted by molar-refractivity contribution is 7.63. The van der Waals surface area contributed by atoms with Gasteiger partial charge in [0.2, 0.25) is 5.95 Å². The topological polar surface area (TPSA) is 62.1 Å². The lowest BCUT2D eigenvalue weighted by molar-refractivity contribution is -0.137. The van der Waals surface area contributed by atoms with Crippen LogP contribution >= 0.6 is 7.92 Å². The number of nitrogens with one attached hydrogen (secondary N) is 1. The van der Waals surface area contributed by atoms with Gasteiger partial charge in [0.25, 0.3) is 0 Å². The summed E-state index contributed by atoms with van der Waals surface area (Å²) in [5, 5.41) is 3.05. The third-order valence-corrected chi connectivity index (χ3v) is 7.49. The molecule has 3 aromatic heterocycles.